The van der Waals surface area contributed by atoms with Crippen molar-refractivity contribution in [3.63, 3.8) is 0 Å². The molecule has 3 nitrogen and oxygen atoms in total. The largest absolute Gasteiger partial charge is 0.367 e. The lowest BCUT2D eigenvalue weighted by molar-refractivity contribution is -0.147. The molecule has 0 amide bonds. The van der Waals surface area contributed by atoms with Gasteiger partial charge in [0.2, 0.25) is 0 Å². The van der Waals surface area contributed by atoms with Crippen molar-refractivity contribution in [1.29, 1.82) is 0 Å². The summed E-state index contributed by atoms with van der Waals surface area (Å²) in [4.78, 5) is 17.0. The Balaban J connectivity index is 2.00. The van der Waals surface area contributed by atoms with Crippen molar-refractivity contribution in [3.8, 4) is 0 Å². The second-order valence-corrected chi connectivity index (χ2v) is 5.08. The van der Waals surface area contributed by atoms with Crippen LogP contribution in [0.25, 0.3) is 0 Å². The van der Waals surface area contributed by atoms with Gasteiger partial charge >= 0.3 is 0 Å². The van der Waals surface area contributed by atoms with Gasteiger partial charge in [-0.25, -0.2) is 0 Å². The molecule has 0 bridgehead atoms. The molecule has 1 aromatic heterocycles. The maximum atomic E-state index is 12.0. The Kier molecular flexibility index (Phi) is 3.17. The highest BCUT2D eigenvalue weighted by molar-refractivity contribution is 7.09. The van der Waals surface area contributed by atoms with E-state index in [1.807, 2.05) is 6.92 Å². The van der Waals surface area contributed by atoms with Gasteiger partial charge in [0, 0.05) is 24.1 Å². The number of hydrogen-bond acceptors (Lipinski definition) is 4. The maximum Gasteiger partial charge on any atom is 0.169 e. The van der Waals surface area contributed by atoms with Crippen LogP contribution < -0.4 is 0 Å². The zero-order valence-corrected chi connectivity index (χ0v) is 9.68. The second kappa shape index (κ2) is 4.41. The topological polar surface area (TPSA) is 39.2 Å². The Morgan fingerprint density at radius 2 is 2.53 bits per heavy atom. The third-order valence-corrected chi connectivity index (χ3v) is 3.66. The number of carbonyl (C=O) groups excluding carboxylic acids is 1. The molecule has 82 valence electrons. The Labute approximate surface area is 93.5 Å². The summed E-state index contributed by atoms with van der Waals surface area (Å²) in [5, 5.41) is 0. The number of ether oxygens (including phenoxy) is 1. The van der Waals surface area contributed by atoms with Crippen LogP contribution in [-0.4, -0.2) is 23.0 Å². The van der Waals surface area contributed by atoms with E-state index in [1.54, 1.807) is 11.7 Å². The number of hydrogen-bond donors (Lipinski definition) is 0. The molecule has 1 fully saturated rings. The average molecular weight is 225 g/mol. The van der Waals surface area contributed by atoms with Gasteiger partial charge in [-0.2, -0.15) is 0 Å². The van der Waals surface area contributed by atoms with E-state index in [-0.39, 0.29) is 5.78 Å². The lowest BCUT2D eigenvalue weighted by Gasteiger charge is -2.32. The molecule has 2 heterocycles. The van der Waals surface area contributed by atoms with Crippen molar-refractivity contribution in [2.75, 3.05) is 6.61 Å². The zero-order valence-electron chi connectivity index (χ0n) is 8.86. The molecule has 0 aromatic carbocycles. The smallest absolute Gasteiger partial charge is 0.169 e. The first-order valence-corrected chi connectivity index (χ1v) is 6.13. The van der Waals surface area contributed by atoms with Gasteiger partial charge in [0.25, 0.3) is 0 Å². The summed E-state index contributed by atoms with van der Waals surface area (Å²) >= 11 is 1.53. The van der Waals surface area contributed by atoms with E-state index in [1.165, 1.54) is 11.3 Å². The summed E-state index contributed by atoms with van der Waals surface area (Å²) in [5.41, 5.74) is 1.20. The minimum atomic E-state index is -0.553. The normalized spacial score (nSPS) is 26.5. The van der Waals surface area contributed by atoms with Gasteiger partial charge in [0.05, 0.1) is 5.51 Å². The van der Waals surface area contributed by atoms with Gasteiger partial charge in [-0.3, -0.25) is 9.78 Å². The van der Waals surface area contributed by atoms with Gasteiger partial charge in [0.15, 0.2) is 5.78 Å². The van der Waals surface area contributed by atoms with Gasteiger partial charge in [-0.15, -0.1) is 11.3 Å². The van der Waals surface area contributed by atoms with Crippen molar-refractivity contribution < 1.29 is 9.53 Å². The summed E-state index contributed by atoms with van der Waals surface area (Å²) in [5.74, 6) is 0.187. The molecule has 0 aliphatic carbocycles. The van der Waals surface area contributed by atoms with Crippen LogP contribution in [0, 0.1) is 0 Å². The maximum absolute atomic E-state index is 12.0. The van der Waals surface area contributed by atoms with Crippen LogP contribution in [0.3, 0.4) is 0 Å². The molecule has 1 aliphatic heterocycles. The van der Waals surface area contributed by atoms with Crippen LogP contribution in [0.1, 0.15) is 31.1 Å². The van der Waals surface area contributed by atoms with Crippen LogP contribution in [-0.2, 0) is 16.0 Å². The third-order valence-electron chi connectivity index (χ3n) is 2.88. The molecule has 0 spiro atoms. The molecule has 0 radical (unpaired) electrons. The van der Waals surface area contributed by atoms with Crippen molar-refractivity contribution in [3.05, 3.63) is 16.6 Å². The first-order valence-electron chi connectivity index (χ1n) is 5.25. The van der Waals surface area contributed by atoms with Crippen LogP contribution in [0.5, 0.6) is 0 Å². The number of Topliss-reactive ketones (excluding diaryl/α,β-unsaturated/α-hetero) is 1. The SMILES string of the molecule is CC1(C(=O)Cc2cncs2)CCCCO1. The standard InChI is InChI=1S/C11H15NO2S/c1-11(4-2-3-5-14-11)10(13)6-9-7-12-8-15-9/h7-8H,2-6H2,1H3. The van der Waals surface area contributed by atoms with Crippen LogP contribution >= 0.6 is 11.3 Å². The Hall–Kier alpha value is -0.740. The van der Waals surface area contributed by atoms with E-state index in [4.69, 9.17) is 4.74 Å². The highest BCUT2D eigenvalue weighted by Crippen LogP contribution is 2.27. The summed E-state index contributed by atoms with van der Waals surface area (Å²) < 4.78 is 5.61. The number of ketones is 1. The summed E-state index contributed by atoms with van der Waals surface area (Å²) in [7, 11) is 0. The predicted molar refractivity (Wildman–Crippen MR) is 59.0 cm³/mol. The minimum Gasteiger partial charge on any atom is -0.367 e. The second-order valence-electron chi connectivity index (χ2n) is 4.10. The molecule has 1 saturated heterocycles. The summed E-state index contributed by atoms with van der Waals surface area (Å²) in [6.07, 6.45) is 5.23. The summed E-state index contributed by atoms with van der Waals surface area (Å²) in [6, 6.07) is 0. The van der Waals surface area contributed by atoms with E-state index in [0.717, 1.165) is 24.1 Å². The third kappa shape index (κ3) is 2.44. The first kappa shape index (κ1) is 10.8. The molecule has 4 heteroatoms. The van der Waals surface area contributed by atoms with Gasteiger partial charge in [-0.05, 0) is 26.2 Å². The number of nitrogens with zero attached hydrogens (tertiary/aromatic N) is 1. The van der Waals surface area contributed by atoms with Crippen molar-refractivity contribution in [1.82, 2.24) is 4.98 Å². The number of rotatable bonds is 3. The summed E-state index contributed by atoms with van der Waals surface area (Å²) in [6.45, 7) is 2.63. The van der Waals surface area contributed by atoms with Gasteiger partial charge in [-0.1, -0.05) is 0 Å². The quantitative estimate of drug-likeness (QED) is 0.791. The molecule has 0 saturated carbocycles. The molecule has 1 unspecified atom stereocenters. The number of aromatic nitrogens is 1. The lowest BCUT2D eigenvalue weighted by Crippen LogP contribution is -2.42. The predicted octanol–water partition coefficient (Wildman–Crippen LogP) is 2.21. The molecule has 2 rings (SSSR count). The fourth-order valence-electron chi connectivity index (χ4n) is 1.83. The van der Waals surface area contributed by atoms with Crippen molar-refractivity contribution in [2.45, 2.75) is 38.2 Å². The Morgan fingerprint density at radius 3 is 3.13 bits per heavy atom. The van der Waals surface area contributed by atoms with Gasteiger partial charge in [0.1, 0.15) is 5.60 Å². The van der Waals surface area contributed by atoms with E-state index in [0.29, 0.717) is 13.0 Å². The average Bonchev–Trinajstić information content (AvgIpc) is 2.71. The highest BCUT2D eigenvalue weighted by Gasteiger charge is 2.35. The Morgan fingerprint density at radius 1 is 1.67 bits per heavy atom. The zero-order chi connectivity index (χ0) is 10.7. The van der Waals surface area contributed by atoms with Crippen LogP contribution in [0.4, 0.5) is 0 Å². The molecular formula is C11H15NO2S. The molecule has 15 heavy (non-hydrogen) atoms. The van der Waals surface area contributed by atoms with Crippen LogP contribution in [0.15, 0.2) is 11.7 Å². The van der Waals surface area contributed by atoms with Crippen molar-refractivity contribution in [2.24, 2.45) is 0 Å². The fourth-order valence-corrected chi connectivity index (χ4v) is 2.42. The number of carbonyl (C=O) groups is 1. The minimum absolute atomic E-state index is 0.187. The highest BCUT2D eigenvalue weighted by atomic mass is 32.1. The van der Waals surface area contributed by atoms with Gasteiger partial charge < -0.3 is 4.74 Å². The fraction of sp³-hybridized carbons (Fsp3) is 0.636. The number of thiazole rings is 1. The molecule has 0 N–H and O–H groups in total. The van der Waals surface area contributed by atoms with E-state index in [2.05, 4.69) is 4.98 Å². The van der Waals surface area contributed by atoms with Crippen molar-refractivity contribution >= 4 is 17.1 Å². The van der Waals surface area contributed by atoms with E-state index < -0.39 is 5.60 Å². The monoisotopic (exact) mass is 225 g/mol. The molecule has 1 atom stereocenters. The lowest BCUT2D eigenvalue weighted by atomic mass is 9.90. The Bertz CT molecular complexity index is 328. The molecule has 1 aromatic rings. The molecule has 1 aliphatic rings. The van der Waals surface area contributed by atoms with Crippen LogP contribution in [0.2, 0.25) is 0 Å². The van der Waals surface area contributed by atoms with E-state index in [9.17, 15) is 4.79 Å². The first-order chi connectivity index (χ1) is 7.21. The molecular weight excluding hydrogens is 210 g/mol. The van der Waals surface area contributed by atoms with E-state index >= 15 is 0 Å².